The van der Waals surface area contributed by atoms with Gasteiger partial charge in [-0.05, 0) is 42.9 Å². The summed E-state index contributed by atoms with van der Waals surface area (Å²) in [7, 11) is 0. The first-order valence-electron chi connectivity index (χ1n) is 4.80. The molecule has 2 N–H and O–H groups in total. The highest BCUT2D eigenvalue weighted by atomic mass is 14.7. The van der Waals surface area contributed by atoms with Gasteiger partial charge in [0, 0.05) is 6.04 Å². The van der Waals surface area contributed by atoms with E-state index in [4.69, 9.17) is 5.73 Å². The first kappa shape index (κ1) is 6.24. The fourth-order valence-electron chi connectivity index (χ4n) is 3.58. The van der Waals surface area contributed by atoms with E-state index in [0.717, 1.165) is 23.7 Å². The molecule has 0 aromatic heterocycles. The minimum Gasteiger partial charge on any atom is -0.327 e. The second-order valence-corrected chi connectivity index (χ2v) is 4.43. The molecule has 60 valence electrons. The lowest BCUT2D eigenvalue weighted by atomic mass is 9.84. The number of nitrogens with two attached hydrogens (primary N) is 1. The maximum absolute atomic E-state index is 6.07. The van der Waals surface area contributed by atoms with Gasteiger partial charge in [-0.2, -0.15) is 0 Å². The summed E-state index contributed by atoms with van der Waals surface area (Å²) in [6.45, 7) is 0. The average Bonchev–Trinajstić information content (AvgIpc) is 2.60. The Bertz CT molecular complexity index is 209. The molecule has 0 aromatic carbocycles. The Balaban J connectivity index is 1.97. The lowest BCUT2D eigenvalue weighted by molar-refractivity contribution is 0.339. The summed E-state index contributed by atoms with van der Waals surface area (Å²) in [4.78, 5) is 0. The van der Waals surface area contributed by atoms with E-state index in [1.54, 1.807) is 0 Å². The van der Waals surface area contributed by atoms with Gasteiger partial charge in [-0.1, -0.05) is 12.2 Å². The molecule has 0 spiro atoms. The Labute approximate surface area is 67.7 Å². The summed E-state index contributed by atoms with van der Waals surface area (Å²) in [6, 6.07) is 0.528. The Kier molecular flexibility index (Phi) is 1.07. The molecule has 0 heterocycles. The zero-order chi connectivity index (χ0) is 7.42. The van der Waals surface area contributed by atoms with Crippen molar-refractivity contribution in [2.45, 2.75) is 25.3 Å². The second-order valence-electron chi connectivity index (χ2n) is 4.43. The van der Waals surface area contributed by atoms with Crippen LogP contribution in [0.15, 0.2) is 12.2 Å². The zero-order valence-electron chi connectivity index (χ0n) is 6.74. The lowest BCUT2D eigenvalue weighted by Crippen LogP contribution is -2.30. The molecule has 3 aliphatic rings. The third-order valence-electron chi connectivity index (χ3n) is 4.02. The highest BCUT2D eigenvalue weighted by Crippen LogP contribution is 2.54. The fourth-order valence-corrected chi connectivity index (χ4v) is 3.58. The van der Waals surface area contributed by atoms with Gasteiger partial charge in [-0.25, -0.2) is 0 Å². The lowest BCUT2D eigenvalue weighted by Gasteiger charge is -2.23. The van der Waals surface area contributed by atoms with Crippen LogP contribution >= 0.6 is 0 Å². The van der Waals surface area contributed by atoms with Crippen molar-refractivity contribution in [2.24, 2.45) is 29.4 Å². The third-order valence-corrected chi connectivity index (χ3v) is 4.02. The Morgan fingerprint density at radius 1 is 1.09 bits per heavy atom. The van der Waals surface area contributed by atoms with Crippen LogP contribution in [0, 0.1) is 23.7 Å². The predicted octanol–water partition coefficient (Wildman–Crippen LogP) is 1.55. The van der Waals surface area contributed by atoms with Crippen LogP contribution in [0.5, 0.6) is 0 Å². The van der Waals surface area contributed by atoms with Gasteiger partial charge < -0.3 is 5.73 Å². The smallest absolute Gasteiger partial charge is 0.00757 e. The predicted molar refractivity (Wildman–Crippen MR) is 44.9 cm³/mol. The van der Waals surface area contributed by atoms with Crippen molar-refractivity contribution in [3.8, 4) is 0 Å². The minimum atomic E-state index is 0.528. The molecule has 2 bridgehead atoms. The Morgan fingerprint density at radius 3 is 2.73 bits per heavy atom. The van der Waals surface area contributed by atoms with Crippen molar-refractivity contribution in [3.63, 3.8) is 0 Å². The summed E-state index contributed by atoms with van der Waals surface area (Å²) >= 11 is 0. The van der Waals surface area contributed by atoms with Crippen LogP contribution < -0.4 is 5.73 Å². The summed E-state index contributed by atoms with van der Waals surface area (Å²) in [5.74, 6) is 3.62. The van der Waals surface area contributed by atoms with Crippen LogP contribution in [0.25, 0.3) is 0 Å². The first-order chi connectivity index (χ1) is 5.36. The molecule has 3 aliphatic carbocycles. The summed E-state index contributed by atoms with van der Waals surface area (Å²) < 4.78 is 0. The Morgan fingerprint density at radius 2 is 1.91 bits per heavy atom. The number of hydrogen-bond acceptors (Lipinski definition) is 1. The highest BCUT2D eigenvalue weighted by molar-refractivity contribution is 5.17. The molecule has 0 unspecified atom stereocenters. The monoisotopic (exact) mass is 149 g/mol. The van der Waals surface area contributed by atoms with Gasteiger partial charge >= 0.3 is 0 Å². The van der Waals surface area contributed by atoms with Crippen molar-refractivity contribution < 1.29 is 0 Å². The average molecular weight is 149 g/mol. The first-order valence-corrected chi connectivity index (χ1v) is 4.80. The van der Waals surface area contributed by atoms with E-state index in [0.29, 0.717) is 6.04 Å². The molecule has 0 radical (unpaired) electrons. The molecule has 3 rings (SSSR count). The number of fused-ring (bicyclic) bond motifs is 5. The number of rotatable bonds is 0. The van der Waals surface area contributed by atoms with Gasteiger partial charge in [0.1, 0.15) is 0 Å². The topological polar surface area (TPSA) is 26.0 Å². The highest BCUT2D eigenvalue weighted by Gasteiger charge is 2.49. The molecular weight excluding hydrogens is 134 g/mol. The van der Waals surface area contributed by atoms with E-state index in [1.807, 2.05) is 0 Å². The number of allylic oxidation sites excluding steroid dienone is 2. The molecule has 0 aromatic rings. The zero-order valence-corrected chi connectivity index (χ0v) is 6.74. The third kappa shape index (κ3) is 0.652. The van der Waals surface area contributed by atoms with Crippen LogP contribution in [0.4, 0.5) is 0 Å². The molecular formula is C10H15N. The molecule has 0 aliphatic heterocycles. The maximum atomic E-state index is 6.07. The Hall–Kier alpha value is -0.300. The van der Waals surface area contributed by atoms with Crippen LogP contribution in [-0.2, 0) is 0 Å². The van der Waals surface area contributed by atoms with E-state index in [9.17, 15) is 0 Å². The summed E-state index contributed by atoms with van der Waals surface area (Å²) in [6.07, 6.45) is 8.95. The van der Waals surface area contributed by atoms with Crippen LogP contribution in [0.2, 0.25) is 0 Å². The van der Waals surface area contributed by atoms with Gasteiger partial charge in [0.05, 0.1) is 0 Å². The summed E-state index contributed by atoms with van der Waals surface area (Å²) in [5.41, 5.74) is 6.07. The fraction of sp³-hybridized carbons (Fsp3) is 0.800. The van der Waals surface area contributed by atoms with Crippen molar-refractivity contribution >= 4 is 0 Å². The molecule has 0 saturated heterocycles. The van der Waals surface area contributed by atoms with Crippen molar-refractivity contribution in [2.75, 3.05) is 0 Å². The standard InChI is InChI=1S/C10H15N/c11-9-4-3-8-6-1-2-7(5-6)10(8)9/h1-2,6-10H,3-5,11H2/t6-,7+,8-,9+,10+/m0/s1. The van der Waals surface area contributed by atoms with E-state index < -0.39 is 0 Å². The largest absolute Gasteiger partial charge is 0.327 e. The molecule has 2 saturated carbocycles. The van der Waals surface area contributed by atoms with Crippen molar-refractivity contribution in [1.82, 2.24) is 0 Å². The van der Waals surface area contributed by atoms with Gasteiger partial charge in [-0.15, -0.1) is 0 Å². The normalized spacial score (nSPS) is 58.8. The number of hydrogen-bond donors (Lipinski definition) is 1. The van der Waals surface area contributed by atoms with Crippen LogP contribution in [-0.4, -0.2) is 6.04 Å². The second kappa shape index (κ2) is 1.89. The molecule has 1 heteroatoms. The summed E-state index contributed by atoms with van der Waals surface area (Å²) in [5, 5.41) is 0. The molecule has 0 amide bonds. The SMILES string of the molecule is N[C@@H]1CC[C@@H]2[C@H]1[C@@H]1C=C[C@H]2C1. The van der Waals surface area contributed by atoms with Gasteiger partial charge in [0.25, 0.3) is 0 Å². The minimum absolute atomic E-state index is 0.528. The molecule has 5 atom stereocenters. The van der Waals surface area contributed by atoms with E-state index in [2.05, 4.69) is 12.2 Å². The maximum Gasteiger partial charge on any atom is 0.00757 e. The van der Waals surface area contributed by atoms with Crippen LogP contribution in [0.3, 0.4) is 0 Å². The molecule has 1 nitrogen and oxygen atoms in total. The van der Waals surface area contributed by atoms with Gasteiger partial charge in [0.15, 0.2) is 0 Å². The van der Waals surface area contributed by atoms with E-state index in [1.165, 1.54) is 19.3 Å². The molecule has 11 heavy (non-hydrogen) atoms. The van der Waals surface area contributed by atoms with E-state index >= 15 is 0 Å². The van der Waals surface area contributed by atoms with Gasteiger partial charge in [0.2, 0.25) is 0 Å². The molecule has 2 fully saturated rings. The van der Waals surface area contributed by atoms with Gasteiger partial charge in [-0.3, -0.25) is 0 Å². The van der Waals surface area contributed by atoms with Crippen LogP contribution in [0.1, 0.15) is 19.3 Å². The quantitative estimate of drug-likeness (QED) is 0.519. The van der Waals surface area contributed by atoms with E-state index in [-0.39, 0.29) is 0 Å². The van der Waals surface area contributed by atoms with Crippen molar-refractivity contribution in [1.29, 1.82) is 0 Å². The van der Waals surface area contributed by atoms with Crippen molar-refractivity contribution in [3.05, 3.63) is 12.2 Å².